The second-order valence-corrected chi connectivity index (χ2v) is 5.14. The van der Waals surface area contributed by atoms with Gasteiger partial charge in [0.1, 0.15) is 0 Å². The first kappa shape index (κ1) is 13.8. The molecule has 94 valence electrons. The Labute approximate surface area is 102 Å². The number of ether oxygens (including phenoxy) is 1. The highest BCUT2D eigenvalue weighted by atomic mass is 32.2. The van der Waals surface area contributed by atoms with Gasteiger partial charge in [-0.1, -0.05) is 6.92 Å². The lowest BCUT2D eigenvalue weighted by Gasteiger charge is -2.04. The minimum absolute atomic E-state index is 0.0559. The summed E-state index contributed by atoms with van der Waals surface area (Å²) in [6.07, 6.45) is 0.761. The Kier molecular flexibility index (Phi) is 5.28. The summed E-state index contributed by atoms with van der Waals surface area (Å²) in [6.45, 7) is 1.90. The smallest absolute Gasteiger partial charge is 0.175 e. The van der Waals surface area contributed by atoms with Crippen molar-refractivity contribution in [3.63, 3.8) is 0 Å². The lowest BCUT2D eigenvalue weighted by atomic mass is 10.1. The fraction of sp³-hybridized carbons (Fsp3) is 0.417. The topological polar surface area (TPSA) is 43.4 Å². The van der Waals surface area contributed by atoms with E-state index >= 15 is 0 Å². The Bertz CT molecular complexity index is 432. The van der Waals surface area contributed by atoms with E-state index in [9.17, 15) is 13.4 Å². The van der Waals surface area contributed by atoms with Crippen LogP contribution in [0.1, 0.15) is 23.7 Å². The maximum Gasteiger partial charge on any atom is 0.175 e. The van der Waals surface area contributed by atoms with Crippen LogP contribution in [-0.4, -0.2) is 28.6 Å². The van der Waals surface area contributed by atoms with Crippen molar-refractivity contribution < 1.29 is 18.1 Å². The van der Waals surface area contributed by atoms with Crippen LogP contribution >= 0.6 is 0 Å². The van der Waals surface area contributed by atoms with E-state index in [4.69, 9.17) is 4.74 Å². The normalized spacial score (nSPS) is 12.2. The molecule has 1 rings (SSSR count). The van der Waals surface area contributed by atoms with Gasteiger partial charge in [-0.25, -0.2) is 4.39 Å². The molecule has 0 fully saturated rings. The number of carbonyl (C=O) groups is 1. The van der Waals surface area contributed by atoms with Crippen LogP contribution < -0.4 is 4.74 Å². The molecule has 0 amide bonds. The van der Waals surface area contributed by atoms with Crippen molar-refractivity contribution in [2.75, 3.05) is 18.6 Å². The van der Waals surface area contributed by atoms with E-state index < -0.39 is 16.6 Å². The highest BCUT2D eigenvalue weighted by Gasteiger charge is 2.12. The van der Waals surface area contributed by atoms with Crippen molar-refractivity contribution in [3.8, 4) is 5.75 Å². The fourth-order valence-electron chi connectivity index (χ4n) is 1.37. The van der Waals surface area contributed by atoms with E-state index in [0.29, 0.717) is 5.75 Å². The second-order valence-electron chi connectivity index (χ2n) is 3.56. The monoisotopic (exact) mass is 258 g/mol. The van der Waals surface area contributed by atoms with Crippen LogP contribution in [0.4, 0.5) is 4.39 Å². The van der Waals surface area contributed by atoms with Crippen LogP contribution in [0.2, 0.25) is 0 Å². The summed E-state index contributed by atoms with van der Waals surface area (Å²) in [6, 6.07) is 3.99. The summed E-state index contributed by atoms with van der Waals surface area (Å²) < 4.78 is 29.5. The highest BCUT2D eigenvalue weighted by molar-refractivity contribution is 7.85. The third kappa shape index (κ3) is 3.93. The first-order valence-electron chi connectivity index (χ1n) is 5.30. The molecule has 0 aliphatic heterocycles. The molecular formula is C12H15FO3S. The minimum atomic E-state index is -1.17. The number of halogens is 1. The van der Waals surface area contributed by atoms with Gasteiger partial charge in [0, 0.05) is 22.1 Å². The van der Waals surface area contributed by atoms with Crippen LogP contribution in [0.5, 0.6) is 5.75 Å². The number of methoxy groups -OCH3 is 1. The fourth-order valence-corrected chi connectivity index (χ4v) is 2.43. The molecule has 5 heteroatoms. The zero-order valence-electron chi connectivity index (χ0n) is 9.86. The summed E-state index contributed by atoms with van der Waals surface area (Å²) in [5, 5.41) is 0. The van der Waals surface area contributed by atoms with Gasteiger partial charge in [0.05, 0.1) is 12.9 Å². The molecule has 0 aliphatic rings. The van der Waals surface area contributed by atoms with Crippen LogP contribution in [0.3, 0.4) is 0 Å². The maximum absolute atomic E-state index is 13.3. The van der Waals surface area contributed by atoms with Crippen molar-refractivity contribution in [3.05, 3.63) is 29.6 Å². The minimum Gasteiger partial charge on any atom is -0.494 e. The lowest BCUT2D eigenvalue weighted by Crippen LogP contribution is -2.13. The van der Waals surface area contributed by atoms with Gasteiger partial charge in [0.15, 0.2) is 17.3 Å². The van der Waals surface area contributed by atoms with Gasteiger partial charge >= 0.3 is 0 Å². The predicted octanol–water partition coefficient (Wildman–Crippen LogP) is 2.18. The van der Waals surface area contributed by atoms with Gasteiger partial charge in [-0.3, -0.25) is 9.00 Å². The van der Waals surface area contributed by atoms with Crippen LogP contribution in [0, 0.1) is 5.82 Å². The van der Waals surface area contributed by atoms with Crippen molar-refractivity contribution in [2.24, 2.45) is 0 Å². The number of hydrogen-bond acceptors (Lipinski definition) is 3. The molecule has 1 unspecified atom stereocenters. The van der Waals surface area contributed by atoms with Gasteiger partial charge < -0.3 is 4.74 Å². The Hall–Kier alpha value is -1.23. The quantitative estimate of drug-likeness (QED) is 0.734. The van der Waals surface area contributed by atoms with Crippen molar-refractivity contribution in [1.29, 1.82) is 0 Å². The SMILES string of the molecule is CCCS(=O)CC(=O)c1ccc(OC)c(F)c1. The van der Waals surface area contributed by atoms with Crippen molar-refractivity contribution in [2.45, 2.75) is 13.3 Å². The number of hydrogen-bond donors (Lipinski definition) is 0. The summed E-state index contributed by atoms with van der Waals surface area (Å²) >= 11 is 0. The molecule has 0 aromatic heterocycles. The third-order valence-corrected chi connectivity index (χ3v) is 3.65. The number of ketones is 1. The Morgan fingerprint density at radius 1 is 1.47 bits per heavy atom. The summed E-state index contributed by atoms with van der Waals surface area (Å²) in [5.41, 5.74) is 0.229. The molecular weight excluding hydrogens is 243 g/mol. The van der Waals surface area contributed by atoms with Gasteiger partial charge in [0.2, 0.25) is 0 Å². The molecule has 1 aromatic carbocycles. The van der Waals surface area contributed by atoms with Crippen LogP contribution in [0.25, 0.3) is 0 Å². The summed E-state index contributed by atoms with van der Waals surface area (Å²) in [7, 11) is 0.190. The second kappa shape index (κ2) is 6.49. The average molecular weight is 258 g/mol. The molecule has 1 aromatic rings. The van der Waals surface area contributed by atoms with E-state index in [2.05, 4.69) is 0 Å². The standard InChI is InChI=1S/C12H15FO3S/c1-3-6-17(15)8-11(14)9-4-5-12(16-2)10(13)7-9/h4-5,7H,3,6,8H2,1-2H3. The number of benzene rings is 1. The van der Waals surface area contributed by atoms with E-state index in [1.807, 2.05) is 6.92 Å². The Morgan fingerprint density at radius 2 is 2.18 bits per heavy atom. The van der Waals surface area contributed by atoms with Gasteiger partial charge in [0.25, 0.3) is 0 Å². The first-order chi connectivity index (χ1) is 8.08. The largest absolute Gasteiger partial charge is 0.494 e. The van der Waals surface area contributed by atoms with Gasteiger partial charge in [-0.05, 0) is 24.6 Å². The van der Waals surface area contributed by atoms with Gasteiger partial charge in [-0.15, -0.1) is 0 Å². The van der Waals surface area contributed by atoms with E-state index in [1.54, 1.807) is 0 Å². The molecule has 17 heavy (non-hydrogen) atoms. The van der Waals surface area contributed by atoms with Crippen LogP contribution in [-0.2, 0) is 10.8 Å². The van der Waals surface area contributed by atoms with E-state index in [1.165, 1.54) is 19.2 Å². The predicted molar refractivity (Wildman–Crippen MR) is 65.4 cm³/mol. The number of Topliss-reactive ketones (excluding diaryl/α,β-unsaturated/α-hetero) is 1. The summed E-state index contributed by atoms with van der Waals surface area (Å²) in [4.78, 5) is 11.7. The molecule has 0 heterocycles. The molecule has 1 atom stereocenters. The molecule has 0 N–H and O–H groups in total. The molecule has 0 aliphatic carbocycles. The van der Waals surface area contributed by atoms with Crippen molar-refractivity contribution >= 4 is 16.6 Å². The van der Waals surface area contributed by atoms with E-state index in [0.717, 1.165) is 12.5 Å². The molecule has 3 nitrogen and oxygen atoms in total. The molecule has 0 bridgehead atoms. The van der Waals surface area contributed by atoms with Crippen molar-refractivity contribution in [1.82, 2.24) is 0 Å². The lowest BCUT2D eigenvalue weighted by molar-refractivity contribution is 0.102. The Balaban J connectivity index is 2.76. The molecule has 0 radical (unpaired) electrons. The zero-order valence-corrected chi connectivity index (χ0v) is 10.7. The third-order valence-electron chi connectivity index (χ3n) is 2.20. The molecule has 0 saturated heterocycles. The van der Waals surface area contributed by atoms with Gasteiger partial charge in [-0.2, -0.15) is 0 Å². The van der Waals surface area contributed by atoms with Crippen LogP contribution in [0.15, 0.2) is 18.2 Å². The molecule has 0 saturated carbocycles. The maximum atomic E-state index is 13.3. The average Bonchev–Trinajstić information content (AvgIpc) is 2.29. The summed E-state index contributed by atoms with van der Waals surface area (Å²) in [5.74, 6) is -0.363. The number of carbonyl (C=O) groups excluding carboxylic acids is 1. The Morgan fingerprint density at radius 3 is 2.71 bits per heavy atom. The first-order valence-corrected chi connectivity index (χ1v) is 6.79. The van der Waals surface area contributed by atoms with E-state index in [-0.39, 0.29) is 22.8 Å². The highest BCUT2D eigenvalue weighted by Crippen LogP contribution is 2.18. The number of rotatable bonds is 6. The zero-order chi connectivity index (χ0) is 12.8. The molecule has 0 spiro atoms.